The van der Waals surface area contributed by atoms with Crippen LogP contribution in [0.3, 0.4) is 0 Å². The van der Waals surface area contributed by atoms with Gasteiger partial charge in [-0.15, -0.1) is 11.3 Å². The van der Waals surface area contributed by atoms with Crippen LogP contribution in [0.2, 0.25) is 10.0 Å². The zero-order valence-corrected chi connectivity index (χ0v) is 19.7. The number of aryl methyl sites for hydroxylation is 1. The number of carboxylic acid groups (broad SMARTS) is 1. The third-order valence-electron chi connectivity index (χ3n) is 4.63. The molecule has 1 atom stereocenters. The molecule has 0 saturated carbocycles. The molecule has 10 nitrogen and oxygen atoms in total. The highest BCUT2D eigenvalue weighted by molar-refractivity contribution is 7.14. The Labute approximate surface area is 203 Å². The lowest BCUT2D eigenvalue weighted by Crippen LogP contribution is -2.39. The van der Waals surface area contributed by atoms with Gasteiger partial charge in [-0.3, -0.25) is 19.4 Å². The van der Waals surface area contributed by atoms with Crippen LogP contribution in [0, 0.1) is 6.92 Å². The fourth-order valence-electron chi connectivity index (χ4n) is 3.09. The number of thiophene rings is 1. The highest BCUT2D eigenvalue weighted by Crippen LogP contribution is 2.36. The van der Waals surface area contributed by atoms with Crippen molar-refractivity contribution in [3.05, 3.63) is 43.6 Å². The summed E-state index contributed by atoms with van der Waals surface area (Å²) in [7, 11) is 0. The Morgan fingerprint density at radius 2 is 2.03 bits per heavy atom. The Morgan fingerprint density at radius 1 is 1.27 bits per heavy atom. The van der Waals surface area contributed by atoms with Crippen molar-refractivity contribution in [3.63, 3.8) is 0 Å². The van der Waals surface area contributed by atoms with Crippen molar-refractivity contribution < 1.29 is 24.6 Å². The first-order valence-corrected chi connectivity index (χ1v) is 11.3. The van der Waals surface area contributed by atoms with Gasteiger partial charge in [0, 0.05) is 22.0 Å². The number of aliphatic imine (C=N–C) groups is 1. The normalized spacial score (nSPS) is 13.6. The van der Waals surface area contributed by atoms with E-state index in [1.807, 2.05) is 6.92 Å². The lowest BCUT2D eigenvalue weighted by Gasteiger charge is -2.19. The summed E-state index contributed by atoms with van der Waals surface area (Å²) in [5, 5.41) is 30.7. The SMILES string of the molecule is Cc1sc(C(=O)NCC(=O)N[C@@H](CC(=O)O)c2cc(Cl)cc(Cl)c2O)cc1NC1=NCCN1. The summed E-state index contributed by atoms with van der Waals surface area (Å²) < 4.78 is 0. The third kappa shape index (κ3) is 6.50. The first kappa shape index (κ1) is 24.6. The van der Waals surface area contributed by atoms with Gasteiger partial charge in [0.15, 0.2) is 5.96 Å². The number of phenolic OH excluding ortho intramolecular Hbond substituents is 1. The zero-order chi connectivity index (χ0) is 24.1. The second-order valence-corrected chi connectivity index (χ2v) is 9.19. The van der Waals surface area contributed by atoms with Crippen LogP contribution in [0.4, 0.5) is 5.69 Å². The van der Waals surface area contributed by atoms with Crippen LogP contribution in [0.1, 0.15) is 32.6 Å². The van der Waals surface area contributed by atoms with Crippen LogP contribution in [0.25, 0.3) is 0 Å². The van der Waals surface area contributed by atoms with E-state index in [0.29, 0.717) is 17.4 Å². The summed E-state index contributed by atoms with van der Waals surface area (Å²) in [6, 6.07) is 3.17. The van der Waals surface area contributed by atoms with E-state index in [0.717, 1.165) is 17.1 Å². The quantitative estimate of drug-likeness (QED) is 0.317. The number of phenols is 1. The van der Waals surface area contributed by atoms with Gasteiger partial charge in [0.25, 0.3) is 5.91 Å². The number of aromatic hydroxyl groups is 1. The fraction of sp³-hybridized carbons (Fsp3) is 0.300. The highest BCUT2D eigenvalue weighted by Gasteiger charge is 2.24. The molecule has 0 spiro atoms. The van der Waals surface area contributed by atoms with Crippen LogP contribution >= 0.6 is 34.5 Å². The molecule has 0 unspecified atom stereocenters. The number of aliphatic carboxylic acids is 1. The van der Waals surface area contributed by atoms with Gasteiger partial charge in [0.05, 0.1) is 41.1 Å². The number of amides is 2. The topological polar surface area (TPSA) is 152 Å². The predicted octanol–water partition coefficient (Wildman–Crippen LogP) is 2.50. The van der Waals surface area contributed by atoms with Crippen molar-refractivity contribution in [2.24, 2.45) is 4.99 Å². The van der Waals surface area contributed by atoms with Crippen molar-refractivity contribution in [2.45, 2.75) is 19.4 Å². The number of carbonyl (C=O) groups is 3. The standard InChI is InChI=1S/C20H21Cl2N5O5S/c1-9-13(27-20-23-2-3-24-20)6-15(33-9)19(32)25-8-16(28)26-14(7-17(29)30)11-4-10(21)5-12(22)18(11)31/h4-6,14,31H,2-3,7-8H2,1H3,(H,25,32)(H,26,28)(H,29,30)(H2,23,24,27)/t14-/m0/s1. The molecule has 0 radical (unpaired) electrons. The van der Waals surface area contributed by atoms with Gasteiger partial charge >= 0.3 is 5.97 Å². The summed E-state index contributed by atoms with van der Waals surface area (Å²) in [5.41, 5.74) is 0.792. The molecule has 1 aliphatic rings. The van der Waals surface area contributed by atoms with Crippen LogP contribution in [0.15, 0.2) is 23.2 Å². The van der Waals surface area contributed by atoms with Crippen LogP contribution in [-0.4, -0.2) is 53.6 Å². The number of nitrogens with one attached hydrogen (secondary N) is 4. The molecule has 13 heteroatoms. The number of anilines is 1. The number of hydrogen-bond donors (Lipinski definition) is 6. The van der Waals surface area contributed by atoms with Gasteiger partial charge in [-0.05, 0) is 25.1 Å². The Kier molecular flexibility index (Phi) is 8.01. The number of carboxylic acids is 1. The smallest absolute Gasteiger partial charge is 0.305 e. The molecule has 33 heavy (non-hydrogen) atoms. The zero-order valence-electron chi connectivity index (χ0n) is 17.4. The average Bonchev–Trinajstić information content (AvgIpc) is 3.38. The van der Waals surface area contributed by atoms with E-state index in [9.17, 15) is 24.6 Å². The molecule has 1 aromatic carbocycles. The molecule has 1 aliphatic heterocycles. The summed E-state index contributed by atoms with van der Waals surface area (Å²) in [6.07, 6.45) is -0.527. The molecule has 0 saturated heterocycles. The maximum absolute atomic E-state index is 12.5. The largest absolute Gasteiger partial charge is 0.506 e. The van der Waals surface area contributed by atoms with E-state index in [1.54, 1.807) is 6.07 Å². The van der Waals surface area contributed by atoms with E-state index < -0.39 is 36.8 Å². The monoisotopic (exact) mass is 513 g/mol. The molecule has 6 N–H and O–H groups in total. The maximum Gasteiger partial charge on any atom is 0.305 e. The lowest BCUT2D eigenvalue weighted by molar-refractivity contribution is -0.137. The van der Waals surface area contributed by atoms with E-state index in [4.69, 9.17) is 23.2 Å². The van der Waals surface area contributed by atoms with Crippen molar-refractivity contribution in [1.82, 2.24) is 16.0 Å². The van der Waals surface area contributed by atoms with Gasteiger partial charge in [0.1, 0.15) is 5.75 Å². The van der Waals surface area contributed by atoms with E-state index in [-0.39, 0.29) is 21.4 Å². The molecule has 2 aromatic rings. The van der Waals surface area contributed by atoms with Crippen LogP contribution in [0.5, 0.6) is 5.75 Å². The highest BCUT2D eigenvalue weighted by atomic mass is 35.5. The second-order valence-electron chi connectivity index (χ2n) is 7.09. The molecule has 0 aliphatic carbocycles. The molecule has 1 aromatic heterocycles. The van der Waals surface area contributed by atoms with Gasteiger partial charge < -0.3 is 31.5 Å². The van der Waals surface area contributed by atoms with Crippen molar-refractivity contribution in [2.75, 3.05) is 25.0 Å². The Balaban J connectivity index is 1.63. The van der Waals surface area contributed by atoms with E-state index >= 15 is 0 Å². The van der Waals surface area contributed by atoms with Crippen molar-refractivity contribution in [3.8, 4) is 5.75 Å². The number of halogens is 2. The summed E-state index contributed by atoms with van der Waals surface area (Å²) in [5.74, 6) is -2.07. The molecule has 0 bridgehead atoms. The number of carbonyl (C=O) groups excluding carboxylic acids is 2. The number of benzene rings is 1. The van der Waals surface area contributed by atoms with E-state index in [1.165, 1.54) is 23.5 Å². The minimum atomic E-state index is -1.21. The molecular formula is C20H21Cl2N5O5S. The molecular weight excluding hydrogens is 493 g/mol. The third-order valence-corrected chi connectivity index (χ3v) is 6.18. The molecule has 0 fully saturated rings. The predicted molar refractivity (Wildman–Crippen MR) is 127 cm³/mol. The molecule has 2 amide bonds. The fourth-order valence-corrected chi connectivity index (χ4v) is 4.49. The maximum atomic E-state index is 12.5. The minimum absolute atomic E-state index is 0.0580. The number of nitrogens with zero attached hydrogens (tertiary/aromatic N) is 1. The molecule has 2 heterocycles. The van der Waals surface area contributed by atoms with E-state index in [2.05, 4.69) is 26.3 Å². The van der Waals surface area contributed by atoms with Gasteiger partial charge in [-0.2, -0.15) is 0 Å². The lowest BCUT2D eigenvalue weighted by atomic mass is 10.0. The Hall–Kier alpha value is -3.02. The summed E-state index contributed by atoms with van der Waals surface area (Å²) in [6.45, 7) is 2.87. The van der Waals surface area contributed by atoms with Crippen molar-refractivity contribution in [1.29, 1.82) is 0 Å². The van der Waals surface area contributed by atoms with Gasteiger partial charge in [-0.1, -0.05) is 23.2 Å². The van der Waals surface area contributed by atoms with Gasteiger partial charge in [0.2, 0.25) is 5.91 Å². The van der Waals surface area contributed by atoms with Crippen LogP contribution in [-0.2, 0) is 9.59 Å². The number of guanidine groups is 1. The first-order valence-electron chi connectivity index (χ1n) is 9.77. The average molecular weight is 514 g/mol. The Morgan fingerprint density at radius 3 is 2.70 bits per heavy atom. The summed E-state index contributed by atoms with van der Waals surface area (Å²) in [4.78, 5) is 41.7. The van der Waals surface area contributed by atoms with Crippen molar-refractivity contribution >= 4 is 64.0 Å². The molecule has 176 valence electrons. The number of hydrogen-bond acceptors (Lipinski definition) is 8. The molecule has 3 rings (SSSR count). The van der Waals surface area contributed by atoms with Crippen LogP contribution < -0.4 is 21.3 Å². The van der Waals surface area contributed by atoms with Gasteiger partial charge in [-0.25, -0.2) is 0 Å². The number of rotatable bonds is 8. The minimum Gasteiger partial charge on any atom is -0.506 e. The summed E-state index contributed by atoms with van der Waals surface area (Å²) >= 11 is 13.1. The second kappa shape index (κ2) is 10.7. The first-order chi connectivity index (χ1) is 15.6. The Bertz CT molecular complexity index is 1120.